The summed E-state index contributed by atoms with van der Waals surface area (Å²) in [6.45, 7) is 1.79. The molecule has 2 amide bonds. The number of nitrogens with zero attached hydrogens (tertiary/aromatic N) is 2. The lowest BCUT2D eigenvalue weighted by Crippen LogP contribution is -2.48. The highest BCUT2D eigenvalue weighted by Crippen LogP contribution is 2.18. The monoisotopic (exact) mass is 416 g/mol. The predicted molar refractivity (Wildman–Crippen MR) is 108 cm³/mol. The summed E-state index contributed by atoms with van der Waals surface area (Å²) in [4.78, 5) is 37.4. The molecule has 8 nitrogen and oxygen atoms in total. The van der Waals surface area contributed by atoms with Crippen molar-refractivity contribution in [3.8, 4) is 0 Å². The molecular weight excluding hydrogens is 392 g/mol. The van der Waals surface area contributed by atoms with Gasteiger partial charge in [0.15, 0.2) is 0 Å². The van der Waals surface area contributed by atoms with E-state index in [9.17, 15) is 19.7 Å². The number of hydrogen-bond donors (Lipinski definition) is 2. The van der Waals surface area contributed by atoms with E-state index in [0.717, 1.165) is 12.2 Å². The largest absolute Gasteiger partial charge is 0.341 e. The van der Waals surface area contributed by atoms with Crippen LogP contribution in [0, 0.1) is 16.0 Å². The molecule has 1 aliphatic rings. The van der Waals surface area contributed by atoms with E-state index in [1.165, 1.54) is 24.3 Å². The molecule has 3 N–H and O–H groups in total. The van der Waals surface area contributed by atoms with E-state index in [-0.39, 0.29) is 29.6 Å². The fourth-order valence-corrected chi connectivity index (χ4v) is 3.41. The number of rotatable bonds is 8. The van der Waals surface area contributed by atoms with Gasteiger partial charge >= 0.3 is 0 Å². The number of halogens is 1. The third kappa shape index (κ3) is 6.37. The normalized spacial score (nSPS) is 17.1. The van der Waals surface area contributed by atoms with Crippen LogP contribution in [0.1, 0.15) is 23.2 Å². The molecule has 1 saturated heterocycles. The maximum absolute atomic E-state index is 12.8. The molecule has 1 heterocycles. The summed E-state index contributed by atoms with van der Waals surface area (Å²) in [5, 5.41) is 13.6. The van der Waals surface area contributed by atoms with Crippen LogP contribution in [0.3, 0.4) is 0 Å². The van der Waals surface area contributed by atoms with Gasteiger partial charge in [0.05, 0.1) is 4.92 Å². The quantitative estimate of drug-likeness (QED) is 0.491. The second kappa shape index (κ2) is 11.1. The van der Waals surface area contributed by atoms with Crippen LogP contribution in [0.15, 0.2) is 24.3 Å². The number of nitro benzene ring substituents is 1. The number of nitrogens with two attached hydrogens (primary N) is 1. The maximum atomic E-state index is 12.8. The van der Waals surface area contributed by atoms with Gasteiger partial charge < -0.3 is 16.0 Å². The molecule has 0 spiro atoms. The van der Waals surface area contributed by atoms with Crippen molar-refractivity contribution in [2.45, 2.75) is 18.9 Å². The summed E-state index contributed by atoms with van der Waals surface area (Å²) in [5.41, 5.74) is 5.69. The Hall–Kier alpha value is -1.84. The Morgan fingerprint density at radius 3 is 2.81 bits per heavy atom. The summed E-state index contributed by atoms with van der Waals surface area (Å²) >= 11 is 1.59. The zero-order valence-corrected chi connectivity index (χ0v) is 16.8. The fourth-order valence-electron chi connectivity index (χ4n) is 2.94. The summed E-state index contributed by atoms with van der Waals surface area (Å²) < 4.78 is 0. The van der Waals surface area contributed by atoms with Crippen molar-refractivity contribution in [2.24, 2.45) is 11.7 Å². The lowest BCUT2D eigenvalue weighted by Gasteiger charge is -2.24. The second-order valence-corrected chi connectivity index (χ2v) is 7.28. The van der Waals surface area contributed by atoms with Crippen molar-refractivity contribution >= 4 is 41.7 Å². The van der Waals surface area contributed by atoms with Crippen LogP contribution in [0.2, 0.25) is 0 Å². The van der Waals surface area contributed by atoms with Crippen molar-refractivity contribution in [3.63, 3.8) is 0 Å². The van der Waals surface area contributed by atoms with Crippen molar-refractivity contribution in [1.29, 1.82) is 0 Å². The lowest BCUT2D eigenvalue weighted by atomic mass is 10.1. The average Bonchev–Trinajstić information content (AvgIpc) is 3.13. The third-order valence-electron chi connectivity index (χ3n) is 4.46. The van der Waals surface area contributed by atoms with Gasteiger partial charge in [-0.05, 0) is 43.4 Å². The van der Waals surface area contributed by atoms with Gasteiger partial charge in [0, 0.05) is 30.8 Å². The molecule has 0 bridgehead atoms. The number of likely N-dealkylation sites (tertiary alicyclic amines) is 1. The molecule has 150 valence electrons. The van der Waals surface area contributed by atoms with Gasteiger partial charge in [0.2, 0.25) is 5.91 Å². The highest BCUT2D eigenvalue weighted by molar-refractivity contribution is 7.98. The molecule has 0 saturated carbocycles. The van der Waals surface area contributed by atoms with Crippen LogP contribution in [0.5, 0.6) is 0 Å². The first-order chi connectivity index (χ1) is 12.5. The van der Waals surface area contributed by atoms with Gasteiger partial charge in [-0.15, -0.1) is 12.4 Å². The molecule has 2 atom stereocenters. The van der Waals surface area contributed by atoms with Crippen LogP contribution < -0.4 is 11.1 Å². The highest BCUT2D eigenvalue weighted by Gasteiger charge is 2.31. The predicted octanol–water partition coefficient (Wildman–Crippen LogP) is 1.68. The minimum atomic E-state index is -0.647. The minimum absolute atomic E-state index is 0. The van der Waals surface area contributed by atoms with Gasteiger partial charge in [-0.25, -0.2) is 0 Å². The molecule has 0 radical (unpaired) electrons. The number of thioether (sulfide) groups is 1. The SMILES string of the molecule is CSCCC(NC(=O)c1cccc([N+](=O)[O-])c1)C(=O)N1CCC(CN)C1.Cl. The number of nitrogens with one attached hydrogen (secondary N) is 1. The van der Waals surface area contributed by atoms with E-state index in [1.54, 1.807) is 16.7 Å². The van der Waals surface area contributed by atoms with Crippen LogP contribution in [0.25, 0.3) is 0 Å². The van der Waals surface area contributed by atoms with Crippen molar-refractivity contribution in [3.05, 3.63) is 39.9 Å². The Labute approximate surface area is 168 Å². The molecule has 10 heteroatoms. The van der Waals surface area contributed by atoms with Gasteiger partial charge in [-0.3, -0.25) is 19.7 Å². The molecule has 2 rings (SSSR count). The first-order valence-electron chi connectivity index (χ1n) is 8.49. The Balaban J connectivity index is 0.00000364. The summed E-state index contributed by atoms with van der Waals surface area (Å²) in [7, 11) is 0. The van der Waals surface area contributed by atoms with E-state index < -0.39 is 16.9 Å². The Morgan fingerprint density at radius 2 is 2.22 bits per heavy atom. The second-order valence-electron chi connectivity index (χ2n) is 6.29. The minimum Gasteiger partial charge on any atom is -0.341 e. The number of benzene rings is 1. The third-order valence-corrected chi connectivity index (χ3v) is 5.11. The van der Waals surface area contributed by atoms with Crippen LogP contribution in [0.4, 0.5) is 5.69 Å². The molecule has 27 heavy (non-hydrogen) atoms. The topological polar surface area (TPSA) is 119 Å². The van der Waals surface area contributed by atoms with Gasteiger partial charge in [-0.1, -0.05) is 6.07 Å². The molecule has 2 unspecified atom stereocenters. The fraction of sp³-hybridized carbons (Fsp3) is 0.529. The maximum Gasteiger partial charge on any atom is 0.270 e. The first-order valence-corrected chi connectivity index (χ1v) is 9.88. The Kier molecular flexibility index (Phi) is 9.54. The number of nitro groups is 1. The van der Waals surface area contributed by atoms with E-state index in [1.807, 2.05) is 6.26 Å². The number of amides is 2. The summed E-state index contributed by atoms with van der Waals surface area (Å²) in [6.07, 6.45) is 3.31. The molecule has 1 aromatic rings. The molecule has 1 aliphatic heterocycles. The highest BCUT2D eigenvalue weighted by atomic mass is 35.5. The zero-order valence-electron chi connectivity index (χ0n) is 15.1. The summed E-state index contributed by atoms with van der Waals surface area (Å²) in [6, 6.07) is 4.85. The standard InChI is InChI=1S/C17H24N4O4S.ClH/c1-26-8-6-15(17(23)20-7-5-12(10-18)11-20)19-16(22)13-3-2-4-14(9-13)21(24)25;/h2-4,9,12,15H,5-8,10-11,18H2,1H3,(H,19,22);1H. The van der Waals surface area contributed by atoms with Crippen LogP contribution in [-0.2, 0) is 4.79 Å². The number of non-ortho nitro benzene ring substituents is 1. The van der Waals surface area contributed by atoms with E-state index in [4.69, 9.17) is 5.73 Å². The van der Waals surface area contributed by atoms with E-state index >= 15 is 0 Å². The molecule has 1 aromatic carbocycles. The van der Waals surface area contributed by atoms with Gasteiger partial charge in [0.25, 0.3) is 11.6 Å². The van der Waals surface area contributed by atoms with E-state index in [0.29, 0.717) is 32.0 Å². The Morgan fingerprint density at radius 1 is 1.48 bits per heavy atom. The molecule has 0 aliphatic carbocycles. The van der Waals surface area contributed by atoms with Crippen molar-refractivity contribution in [1.82, 2.24) is 10.2 Å². The first kappa shape index (κ1) is 23.2. The average molecular weight is 417 g/mol. The number of carbonyl (C=O) groups is 2. The molecule has 1 fully saturated rings. The van der Waals surface area contributed by atoms with Crippen LogP contribution in [-0.4, -0.2) is 59.3 Å². The molecule has 0 aromatic heterocycles. The van der Waals surface area contributed by atoms with Crippen LogP contribution >= 0.6 is 24.2 Å². The zero-order chi connectivity index (χ0) is 19.1. The van der Waals surface area contributed by atoms with Gasteiger partial charge in [-0.2, -0.15) is 11.8 Å². The number of hydrogen-bond acceptors (Lipinski definition) is 6. The van der Waals surface area contributed by atoms with E-state index in [2.05, 4.69) is 5.32 Å². The smallest absolute Gasteiger partial charge is 0.270 e. The Bertz CT molecular complexity index is 676. The number of carbonyl (C=O) groups excluding carboxylic acids is 2. The lowest BCUT2D eigenvalue weighted by molar-refractivity contribution is -0.384. The molecular formula is C17H25ClN4O4S. The van der Waals surface area contributed by atoms with Crippen molar-refractivity contribution < 1.29 is 14.5 Å². The van der Waals surface area contributed by atoms with Gasteiger partial charge in [0.1, 0.15) is 6.04 Å². The van der Waals surface area contributed by atoms with Crippen molar-refractivity contribution in [2.75, 3.05) is 31.6 Å². The summed E-state index contributed by atoms with van der Waals surface area (Å²) in [5.74, 6) is 0.420.